The van der Waals surface area contributed by atoms with Gasteiger partial charge in [-0.3, -0.25) is 0 Å². The van der Waals surface area contributed by atoms with Gasteiger partial charge >= 0.3 is 5.97 Å². The number of ether oxygens (including phenoxy) is 1. The minimum atomic E-state index is -1.36. The molecule has 20 heavy (non-hydrogen) atoms. The van der Waals surface area contributed by atoms with Crippen molar-refractivity contribution in [3.63, 3.8) is 0 Å². The van der Waals surface area contributed by atoms with Crippen LogP contribution in [-0.2, 0) is 6.61 Å². The fourth-order valence-corrected chi connectivity index (χ4v) is 1.76. The second kappa shape index (κ2) is 5.88. The smallest absolute Gasteiger partial charge is 0.338 e. The maximum Gasteiger partial charge on any atom is 0.338 e. The third-order valence-corrected chi connectivity index (χ3v) is 3.02. The van der Waals surface area contributed by atoms with Gasteiger partial charge in [-0.15, -0.1) is 0 Å². The van der Waals surface area contributed by atoms with E-state index >= 15 is 0 Å². The van der Waals surface area contributed by atoms with Crippen LogP contribution in [0.4, 0.5) is 8.78 Å². The fourth-order valence-electron chi connectivity index (χ4n) is 1.58. The van der Waals surface area contributed by atoms with Crippen molar-refractivity contribution in [2.24, 2.45) is 0 Å². The van der Waals surface area contributed by atoms with E-state index in [9.17, 15) is 13.6 Å². The summed E-state index contributed by atoms with van der Waals surface area (Å²) in [5.74, 6) is -2.70. The number of carboxylic acid groups (broad SMARTS) is 1. The van der Waals surface area contributed by atoms with Gasteiger partial charge in [0, 0.05) is 11.6 Å². The standard InChI is InChI=1S/C14H9ClF2O3/c15-13-8(2-1-3-11(13)16)7-20-9-4-5-10(14(18)19)12(17)6-9/h1-6H,7H2,(H,18,19). The number of aromatic carboxylic acids is 1. The van der Waals surface area contributed by atoms with Gasteiger partial charge in [-0.05, 0) is 18.2 Å². The maximum atomic E-state index is 13.4. The summed E-state index contributed by atoms with van der Waals surface area (Å²) in [5, 5.41) is 8.63. The van der Waals surface area contributed by atoms with Crippen LogP contribution in [0.15, 0.2) is 36.4 Å². The van der Waals surface area contributed by atoms with Crippen molar-refractivity contribution in [2.75, 3.05) is 0 Å². The Morgan fingerprint density at radius 1 is 1.20 bits per heavy atom. The lowest BCUT2D eigenvalue weighted by Crippen LogP contribution is -2.02. The minimum Gasteiger partial charge on any atom is -0.489 e. The van der Waals surface area contributed by atoms with E-state index in [2.05, 4.69) is 0 Å². The van der Waals surface area contributed by atoms with Gasteiger partial charge in [0.15, 0.2) is 0 Å². The Labute approximate surface area is 118 Å². The maximum absolute atomic E-state index is 13.4. The average Bonchev–Trinajstić information content (AvgIpc) is 2.40. The van der Waals surface area contributed by atoms with E-state index in [-0.39, 0.29) is 17.4 Å². The summed E-state index contributed by atoms with van der Waals surface area (Å²) in [5.41, 5.74) is -0.0319. The zero-order chi connectivity index (χ0) is 14.7. The van der Waals surface area contributed by atoms with Crippen molar-refractivity contribution in [3.05, 3.63) is 64.2 Å². The summed E-state index contributed by atoms with van der Waals surface area (Å²) in [6.07, 6.45) is 0. The average molecular weight is 299 g/mol. The zero-order valence-electron chi connectivity index (χ0n) is 10.1. The molecule has 1 N–H and O–H groups in total. The van der Waals surface area contributed by atoms with E-state index in [0.29, 0.717) is 5.56 Å². The lowest BCUT2D eigenvalue weighted by Gasteiger charge is -2.09. The Bertz CT molecular complexity index is 659. The summed E-state index contributed by atoms with van der Waals surface area (Å²) < 4.78 is 31.9. The molecule has 0 saturated carbocycles. The van der Waals surface area contributed by atoms with Gasteiger partial charge in [0.1, 0.15) is 24.0 Å². The fraction of sp³-hybridized carbons (Fsp3) is 0.0714. The number of hydrogen-bond donors (Lipinski definition) is 1. The third-order valence-electron chi connectivity index (χ3n) is 2.60. The predicted octanol–water partition coefficient (Wildman–Crippen LogP) is 3.90. The Morgan fingerprint density at radius 2 is 1.95 bits per heavy atom. The van der Waals surface area contributed by atoms with Crippen molar-refractivity contribution in [2.45, 2.75) is 6.61 Å². The molecule has 0 amide bonds. The van der Waals surface area contributed by atoms with Gasteiger partial charge in [0.05, 0.1) is 10.6 Å². The van der Waals surface area contributed by atoms with Gasteiger partial charge in [0.25, 0.3) is 0 Å². The van der Waals surface area contributed by atoms with Crippen molar-refractivity contribution in [3.8, 4) is 5.75 Å². The van der Waals surface area contributed by atoms with Gasteiger partial charge < -0.3 is 9.84 Å². The van der Waals surface area contributed by atoms with E-state index < -0.39 is 23.2 Å². The van der Waals surface area contributed by atoms with Gasteiger partial charge in [-0.1, -0.05) is 23.7 Å². The van der Waals surface area contributed by atoms with Crippen LogP contribution in [-0.4, -0.2) is 11.1 Å². The van der Waals surface area contributed by atoms with Crippen LogP contribution in [0, 0.1) is 11.6 Å². The molecule has 0 aliphatic carbocycles. The van der Waals surface area contributed by atoms with Crippen molar-refractivity contribution in [1.82, 2.24) is 0 Å². The van der Waals surface area contributed by atoms with Gasteiger partial charge in [-0.25, -0.2) is 13.6 Å². The van der Waals surface area contributed by atoms with E-state index in [0.717, 1.165) is 12.1 Å². The molecule has 6 heteroatoms. The molecule has 0 radical (unpaired) electrons. The monoisotopic (exact) mass is 298 g/mol. The number of carbonyl (C=O) groups is 1. The van der Waals surface area contributed by atoms with Crippen LogP contribution in [0.3, 0.4) is 0 Å². The lowest BCUT2D eigenvalue weighted by molar-refractivity contribution is 0.0692. The van der Waals surface area contributed by atoms with Crippen LogP contribution in [0.2, 0.25) is 5.02 Å². The number of carboxylic acids is 1. The summed E-state index contributed by atoms with van der Waals surface area (Å²) in [6.45, 7) is -0.0531. The molecule has 0 unspecified atom stereocenters. The van der Waals surface area contributed by atoms with Crippen LogP contribution >= 0.6 is 11.6 Å². The summed E-state index contributed by atoms with van der Waals surface area (Å²) in [6, 6.07) is 7.64. The van der Waals surface area contributed by atoms with Crippen LogP contribution in [0.5, 0.6) is 5.75 Å². The molecule has 2 aromatic carbocycles. The van der Waals surface area contributed by atoms with Crippen LogP contribution < -0.4 is 4.74 Å². The molecule has 104 valence electrons. The topological polar surface area (TPSA) is 46.5 Å². The molecule has 3 nitrogen and oxygen atoms in total. The van der Waals surface area contributed by atoms with Crippen molar-refractivity contribution < 1.29 is 23.4 Å². The molecular weight excluding hydrogens is 290 g/mol. The van der Waals surface area contributed by atoms with E-state index in [4.69, 9.17) is 21.4 Å². The summed E-state index contributed by atoms with van der Waals surface area (Å²) in [4.78, 5) is 10.7. The highest BCUT2D eigenvalue weighted by Gasteiger charge is 2.11. The first kappa shape index (κ1) is 14.3. The molecule has 0 saturated heterocycles. The lowest BCUT2D eigenvalue weighted by atomic mass is 10.2. The molecule has 2 rings (SSSR count). The van der Waals surface area contributed by atoms with Crippen LogP contribution in [0.1, 0.15) is 15.9 Å². The second-order valence-corrected chi connectivity index (χ2v) is 4.33. The first-order valence-electron chi connectivity index (χ1n) is 5.57. The first-order chi connectivity index (χ1) is 9.49. The van der Waals surface area contributed by atoms with Gasteiger partial charge in [-0.2, -0.15) is 0 Å². The number of halogens is 3. The number of benzene rings is 2. The predicted molar refractivity (Wildman–Crippen MR) is 69.1 cm³/mol. The molecule has 0 heterocycles. The summed E-state index contributed by atoms with van der Waals surface area (Å²) >= 11 is 5.75. The third kappa shape index (κ3) is 3.05. The highest BCUT2D eigenvalue weighted by Crippen LogP contribution is 2.22. The molecule has 0 fully saturated rings. The van der Waals surface area contributed by atoms with Gasteiger partial charge in [0.2, 0.25) is 0 Å². The van der Waals surface area contributed by atoms with E-state index in [1.165, 1.54) is 18.2 Å². The molecule has 0 atom stereocenters. The SMILES string of the molecule is O=C(O)c1ccc(OCc2cccc(F)c2Cl)cc1F. The molecule has 0 aromatic heterocycles. The molecular formula is C14H9ClF2O3. The first-order valence-corrected chi connectivity index (χ1v) is 5.95. The van der Waals surface area contributed by atoms with Crippen molar-refractivity contribution >= 4 is 17.6 Å². The minimum absolute atomic E-state index is 0.0531. The Balaban J connectivity index is 2.13. The zero-order valence-corrected chi connectivity index (χ0v) is 10.8. The van der Waals surface area contributed by atoms with E-state index in [1.807, 2.05) is 0 Å². The quantitative estimate of drug-likeness (QED) is 0.931. The van der Waals surface area contributed by atoms with Crippen LogP contribution in [0.25, 0.3) is 0 Å². The normalized spacial score (nSPS) is 10.3. The molecule has 0 spiro atoms. The Hall–Kier alpha value is -2.14. The summed E-state index contributed by atoms with van der Waals surface area (Å²) in [7, 11) is 0. The highest BCUT2D eigenvalue weighted by atomic mass is 35.5. The van der Waals surface area contributed by atoms with Crippen molar-refractivity contribution in [1.29, 1.82) is 0 Å². The molecule has 0 aliphatic heterocycles. The Kier molecular flexibility index (Phi) is 4.20. The number of rotatable bonds is 4. The molecule has 2 aromatic rings. The van der Waals surface area contributed by atoms with E-state index in [1.54, 1.807) is 6.07 Å². The number of hydrogen-bond acceptors (Lipinski definition) is 2. The molecule has 0 bridgehead atoms. The highest BCUT2D eigenvalue weighted by molar-refractivity contribution is 6.31. The second-order valence-electron chi connectivity index (χ2n) is 3.95. The Morgan fingerprint density at radius 3 is 2.60 bits per heavy atom. The largest absolute Gasteiger partial charge is 0.489 e. The molecule has 0 aliphatic rings.